The molecule has 0 bridgehead atoms. The first-order chi connectivity index (χ1) is 11.5. The molecule has 0 fully saturated rings. The number of rotatable bonds is 5. The van der Waals surface area contributed by atoms with E-state index in [2.05, 4.69) is 31.7 Å². The monoisotopic (exact) mass is 412 g/mol. The van der Waals surface area contributed by atoms with Crippen molar-refractivity contribution in [3.63, 3.8) is 0 Å². The lowest BCUT2D eigenvalue weighted by Gasteiger charge is -2.26. The van der Waals surface area contributed by atoms with Gasteiger partial charge in [-0.1, -0.05) is 41.9 Å². The Hall–Kier alpha value is -1.53. The molecule has 2 atom stereocenters. The summed E-state index contributed by atoms with van der Waals surface area (Å²) in [5.41, 5.74) is 5.69. The number of hydrogen-bond donors (Lipinski definition) is 2. The van der Waals surface area contributed by atoms with Gasteiger partial charge in [0.1, 0.15) is 16.1 Å². The molecule has 7 heteroatoms. The standard InChI is InChI=1S/C17H19BrClFN4/c1-11(20)7-8-13-9-14-16(21-10-12-5-3-2-4-6-12)22-17(19)23-24(14)15(13)18/h2-6,9,11,17,23H,7-8,10H2,1H3,(H,21,22). The van der Waals surface area contributed by atoms with Gasteiger partial charge in [-0.2, -0.15) is 0 Å². The molecule has 2 unspecified atom stereocenters. The Kier molecular flexibility index (Phi) is 5.46. The van der Waals surface area contributed by atoms with Crippen LogP contribution in [0.2, 0.25) is 0 Å². The molecule has 0 spiro atoms. The highest BCUT2D eigenvalue weighted by Gasteiger charge is 2.24. The number of nitrogens with one attached hydrogen (secondary N) is 2. The van der Waals surface area contributed by atoms with E-state index in [4.69, 9.17) is 11.6 Å². The molecule has 0 amide bonds. The Balaban J connectivity index is 1.87. The summed E-state index contributed by atoms with van der Waals surface area (Å²) < 4.78 is 15.9. The number of benzene rings is 1. The first-order valence-electron chi connectivity index (χ1n) is 7.84. The van der Waals surface area contributed by atoms with Crippen LogP contribution in [0.25, 0.3) is 0 Å². The summed E-state index contributed by atoms with van der Waals surface area (Å²) in [5, 5.41) is 3.14. The van der Waals surface area contributed by atoms with Crippen LogP contribution in [0.4, 0.5) is 4.39 Å². The molecule has 4 nitrogen and oxygen atoms in total. The Labute approximate surface area is 154 Å². The van der Waals surface area contributed by atoms with E-state index in [0.29, 0.717) is 19.4 Å². The molecule has 0 radical (unpaired) electrons. The maximum Gasteiger partial charge on any atom is 0.189 e. The minimum absolute atomic E-state index is 0.469. The van der Waals surface area contributed by atoms with Gasteiger partial charge in [-0.05, 0) is 52.9 Å². The fourth-order valence-corrected chi connectivity index (χ4v) is 3.40. The Morgan fingerprint density at radius 1 is 1.38 bits per heavy atom. The van der Waals surface area contributed by atoms with Gasteiger partial charge in [0.25, 0.3) is 0 Å². The van der Waals surface area contributed by atoms with E-state index in [1.165, 1.54) is 0 Å². The summed E-state index contributed by atoms with van der Waals surface area (Å²) in [7, 11) is 0. The predicted octanol–water partition coefficient (Wildman–Crippen LogP) is 4.16. The molecule has 2 heterocycles. The molecule has 128 valence electrons. The van der Waals surface area contributed by atoms with Gasteiger partial charge < -0.3 is 5.32 Å². The molecule has 0 aliphatic carbocycles. The predicted molar refractivity (Wildman–Crippen MR) is 99.8 cm³/mol. The number of halogens is 3. The van der Waals surface area contributed by atoms with Crippen molar-refractivity contribution < 1.29 is 4.39 Å². The molecule has 1 aliphatic rings. The molecule has 24 heavy (non-hydrogen) atoms. The van der Waals surface area contributed by atoms with E-state index in [1.807, 2.05) is 41.1 Å². The molecule has 1 aromatic carbocycles. The van der Waals surface area contributed by atoms with Crippen molar-refractivity contribution in [1.82, 2.24) is 9.99 Å². The number of amidine groups is 1. The fourth-order valence-electron chi connectivity index (χ4n) is 2.59. The number of nitrogens with zero attached hydrogens (tertiary/aromatic N) is 2. The topological polar surface area (TPSA) is 41.4 Å². The largest absolute Gasteiger partial charge is 0.335 e. The van der Waals surface area contributed by atoms with Crippen molar-refractivity contribution in [2.45, 2.75) is 38.1 Å². The molecule has 0 saturated carbocycles. The average Bonchev–Trinajstić information content (AvgIpc) is 2.88. The maximum absolute atomic E-state index is 13.2. The third kappa shape index (κ3) is 3.92. The maximum atomic E-state index is 13.2. The van der Waals surface area contributed by atoms with Crippen LogP contribution in [0.1, 0.15) is 30.2 Å². The minimum Gasteiger partial charge on any atom is -0.335 e. The first-order valence-corrected chi connectivity index (χ1v) is 9.07. The van der Waals surface area contributed by atoms with Crippen molar-refractivity contribution in [1.29, 1.82) is 0 Å². The molecule has 1 aliphatic heterocycles. The zero-order valence-electron chi connectivity index (χ0n) is 13.3. The summed E-state index contributed by atoms with van der Waals surface area (Å²) in [5.74, 6) is 0.720. The first kappa shape index (κ1) is 17.3. The van der Waals surface area contributed by atoms with E-state index in [0.717, 1.165) is 27.3 Å². The number of aryl methyl sites for hydroxylation is 1. The highest BCUT2D eigenvalue weighted by Crippen LogP contribution is 2.26. The normalized spacial score (nSPS) is 19.5. The lowest BCUT2D eigenvalue weighted by molar-refractivity contribution is 0.341. The molecular weight excluding hydrogens is 395 g/mol. The van der Waals surface area contributed by atoms with Gasteiger partial charge in [-0.25, -0.2) is 9.07 Å². The lowest BCUT2D eigenvalue weighted by Crippen LogP contribution is -2.47. The summed E-state index contributed by atoms with van der Waals surface area (Å²) >= 11 is 9.80. The van der Waals surface area contributed by atoms with Crippen molar-refractivity contribution in [3.8, 4) is 0 Å². The van der Waals surface area contributed by atoms with Crippen LogP contribution < -0.4 is 10.7 Å². The van der Waals surface area contributed by atoms with E-state index in [-0.39, 0.29) is 0 Å². The third-order valence-corrected chi connectivity index (χ3v) is 4.91. The van der Waals surface area contributed by atoms with Gasteiger partial charge in [0.15, 0.2) is 5.62 Å². The molecule has 0 saturated heterocycles. The average molecular weight is 414 g/mol. The zero-order valence-corrected chi connectivity index (χ0v) is 15.6. The summed E-state index contributed by atoms with van der Waals surface area (Å²) in [4.78, 5) is 4.66. The van der Waals surface area contributed by atoms with Crippen LogP contribution in [0.5, 0.6) is 0 Å². The number of hydrogen-bond acceptors (Lipinski definition) is 2. The second-order valence-electron chi connectivity index (χ2n) is 5.79. The molecule has 1 aromatic heterocycles. The molecular formula is C17H19BrClFN4. The van der Waals surface area contributed by atoms with Crippen LogP contribution in [-0.4, -0.2) is 22.3 Å². The van der Waals surface area contributed by atoms with Crippen molar-refractivity contribution in [2.24, 2.45) is 4.99 Å². The highest BCUT2D eigenvalue weighted by molar-refractivity contribution is 9.10. The van der Waals surface area contributed by atoms with Crippen LogP contribution >= 0.6 is 27.5 Å². The minimum atomic E-state index is -0.827. The number of alkyl halides is 2. The quantitative estimate of drug-likeness (QED) is 0.571. The smallest absolute Gasteiger partial charge is 0.189 e. The van der Waals surface area contributed by atoms with Crippen LogP contribution in [0.15, 0.2) is 46.0 Å². The number of aromatic nitrogens is 1. The van der Waals surface area contributed by atoms with Gasteiger partial charge >= 0.3 is 0 Å². The fraction of sp³-hybridized carbons (Fsp3) is 0.353. The molecule has 3 rings (SSSR count). The second kappa shape index (κ2) is 7.57. The van der Waals surface area contributed by atoms with Gasteiger partial charge in [0.05, 0.1) is 12.7 Å². The van der Waals surface area contributed by atoms with Crippen LogP contribution in [0.3, 0.4) is 0 Å². The molecule has 2 aromatic rings. The SMILES string of the molecule is CC(F)CCc1cc2n(c1Br)NC(Cl)NC2=NCc1ccccc1. The van der Waals surface area contributed by atoms with Crippen molar-refractivity contribution in [2.75, 3.05) is 5.43 Å². The Morgan fingerprint density at radius 2 is 2.12 bits per heavy atom. The van der Waals surface area contributed by atoms with Gasteiger partial charge in [-0.15, -0.1) is 0 Å². The lowest BCUT2D eigenvalue weighted by atomic mass is 10.1. The summed E-state index contributed by atoms with van der Waals surface area (Å²) in [6, 6.07) is 12.0. The van der Waals surface area contributed by atoms with Crippen LogP contribution in [0, 0.1) is 0 Å². The van der Waals surface area contributed by atoms with Gasteiger partial charge in [-0.3, -0.25) is 10.4 Å². The van der Waals surface area contributed by atoms with E-state index >= 15 is 0 Å². The van der Waals surface area contributed by atoms with E-state index in [1.54, 1.807) is 6.92 Å². The van der Waals surface area contributed by atoms with E-state index in [9.17, 15) is 4.39 Å². The number of aliphatic imine (C=N–C) groups is 1. The van der Waals surface area contributed by atoms with E-state index < -0.39 is 11.8 Å². The Bertz CT molecular complexity index is 730. The number of fused-ring (bicyclic) bond motifs is 1. The van der Waals surface area contributed by atoms with Gasteiger partial charge in [0.2, 0.25) is 0 Å². The Morgan fingerprint density at radius 3 is 2.83 bits per heavy atom. The zero-order chi connectivity index (χ0) is 17.1. The summed E-state index contributed by atoms with van der Waals surface area (Å²) in [6.07, 6.45) is 0.307. The third-order valence-electron chi connectivity index (χ3n) is 3.84. The van der Waals surface area contributed by atoms with Crippen molar-refractivity contribution >= 4 is 33.4 Å². The van der Waals surface area contributed by atoms with Crippen molar-refractivity contribution in [3.05, 3.63) is 57.8 Å². The summed E-state index contributed by atoms with van der Waals surface area (Å²) in [6.45, 7) is 2.14. The molecule has 2 N–H and O–H groups in total. The van der Waals surface area contributed by atoms with Crippen LogP contribution in [-0.2, 0) is 13.0 Å². The highest BCUT2D eigenvalue weighted by atomic mass is 79.9. The second-order valence-corrected chi connectivity index (χ2v) is 6.97. The van der Waals surface area contributed by atoms with Gasteiger partial charge in [0, 0.05) is 0 Å².